The molecule has 29 heavy (non-hydrogen) atoms. The molecule has 1 saturated heterocycles. The van der Waals surface area contributed by atoms with Crippen molar-refractivity contribution in [1.29, 1.82) is 0 Å². The Bertz CT molecular complexity index is 917. The van der Waals surface area contributed by atoms with Crippen LogP contribution in [0.25, 0.3) is 0 Å². The van der Waals surface area contributed by atoms with Crippen LogP contribution in [0.15, 0.2) is 36.5 Å². The molecule has 0 radical (unpaired) electrons. The first-order valence-electron chi connectivity index (χ1n) is 11.0. The van der Waals surface area contributed by atoms with Gasteiger partial charge >= 0.3 is 0 Å². The van der Waals surface area contributed by atoms with Crippen molar-refractivity contribution in [2.45, 2.75) is 57.5 Å². The highest BCUT2D eigenvalue weighted by molar-refractivity contribution is 7.12. The zero-order chi connectivity index (χ0) is 19.6. The quantitative estimate of drug-likeness (QED) is 0.685. The number of thiophene rings is 1. The van der Waals surface area contributed by atoms with E-state index in [1.54, 1.807) is 15.3 Å². The van der Waals surface area contributed by atoms with Gasteiger partial charge in [0, 0.05) is 54.3 Å². The Labute approximate surface area is 177 Å². The highest BCUT2D eigenvalue weighted by atomic mass is 32.1. The molecule has 0 saturated carbocycles. The predicted molar refractivity (Wildman–Crippen MR) is 121 cm³/mol. The standard InChI is InChI=1S/C24H30N4S/c25-18-9-7-17(8-10-18)16-28-14-11-19(12-15-28)27-24-23-20-4-1-2-5-21(20)29-22(23)6-3-13-26-24/h3,7-10,13,19H,1-2,4-6,11-12,14-16,25H2,(H,26,27)/p+1. The van der Waals surface area contributed by atoms with E-state index < -0.39 is 0 Å². The molecule has 152 valence electrons. The molecule has 5 heteroatoms. The van der Waals surface area contributed by atoms with Gasteiger partial charge in [0.15, 0.2) is 0 Å². The zero-order valence-corrected chi connectivity index (χ0v) is 17.9. The third-order valence-electron chi connectivity index (χ3n) is 6.46. The number of nitrogen functional groups attached to an aromatic ring is 1. The summed E-state index contributed by atoms with van der Waals surface area (Å²) < 4.78 is 0. The van der Waals surface area contributed by atoms with Gasteiger partial charge in [0.2, 0.25) is 0 Å². The lowest BCUT2D eigenvalue weighted by molar-refractivity contribution is -0.509. The lowest BCUT2D eigenvalue weighted by atomic mass is 9.94. The summed E-state index contributed by atoms with van der Waals surface area (Å²) in [6.45, 7) is 3.30. The third kappa shape index (κ3) is 4.12. The second-order valence-electron chi connectivity index (χ2n) is 8.57. The molecule has 0 spiro atoms. The summed E-state index contributed by atoms with van der Waals surface area (Å²) in [6.07, 6.45) is 13.0. The van der Waals surface area contributed by atoms with Crippen LogP contribution < -0.4 is 16.0 Å². The Morgan fingerprint density at radius 3 is 2.69 bits per heavy atom. The summed E-state index contributed by atoms with van der Waals surface area (Å²) in [5, 5.41) is 3.58. The van der Waals surface area contributed by atoms with Gasteiger partial charge in [-0.15, -0.1) is 11.3 Å². The summed E-state index contributed by atoms with van der Waals surface area (Å²) >= 11 is 2.05. The van der Waals surface area contributed by atoms with Gasteiger partial charge in [-0.3, -0.25) is 9.89 Å². The summed E-state index contributed by atoms with van der Waals surface area (Å²) in [5.74, 6) is 1.25. The second kappa shape index (κ2) is 8.33. The van der Waals surface area contributed by atoms with Crippen LogP contribution in [0.1, 0.15) is 52.1 Å². The number of anilines is 1. The van der Waals surface area contributed by atoms with E-state index in [-0.39, 0.29) is 0 Å². The van der Waals surface area contributed by atoms with Crippen LogP contribution in [0, 0.1) is 0 Å². The van der Waals surface area contributed by atoms with E-state index in [4.69, 9.17) is 5.73 Å². The first-order valence-corrected chi connectivity index (χ1v) is 11.8. The Balaban J connectivity index is 1.29. The molecule has 1 aromatic carbocycles. The van der Waals surface area contributed by atoms with E-state index in [1.165, 1.54) is 55.5 Å². The molecule has 0 atom stereocenters. The summed E-state index contributed by atoms with van der Waals surface area (Å²) in [7, 11) is 0. The number of amidine groups is 1. The van der Waals surface area contributed by atoms with Crippen molar-refractivity contribution in [1.82, 2.24) is 10.2 Å². The first-order chi connectivity index (χ1) is 14.3. The molecule has 2 aliphatic heterocycles. The van der Waals surface area contributed by atoms with Crippen LogP contribution in [-0.2, 0) is 25.8 Å². The van der Waals surface area contributed by atoms with Gasteiger partial charge in [-0.2, -0.15) is 0 Å². The molecule has 3 aliphatic rings. The van der Waals surface area contributed by atoms with E-state index in [9.17, 15) is 0 Å². The fourth-order valence-corrected chi connectivity index (χ4v) is 6.25. The number of aryl methyl sites for hydroxylation is 1. The molecule has 0 unspecified atom stereocenters. The molecule has 1 aliphatic carbocycles. The molecule has 2 aromatic rings. The maximum atomic E-state index is 5.81. The Hall–Kier alpha value is -2.11. The average molecular weight is 408 g/mol. The minimum atomic E-state index is 0.540. The van der Waals surface area contributed by atoms with Gasteiger partial charge in [-0.25, -0.2) is 5.32 Å². The Kier molecular flexibility index (Phi) is 5.42. The number of nitrogens with one attached hydrogen (secondary N) is 2. The minimum Gasteiger partial charge on any atom is -0.399 e. The van der Waals surface area contributed by atoms with Gasteiger partial charge in [-0.05, 0) is 55.0 Å². The normalized spacial score (nSPS) is 21.4. The smallest absolute Gasteiger partial charge is 0.281 e. The van der Waals surface area contributed by atoms with E-state index >= 15 is 0 Å². The fraction of sp³-hybridized carbons (Fsp3) is 0.458. The molecule has 4 nitrogen and oxygen atoms in total. The predicted octanol–water partition coefficient (Wildman–Crippen LogP) is 2.36. The van der Waals surface area contributed by atoms with Crippen molar-refractivity contribution in [3.05, 3.63) is 63.0 Å². The lowest BCUT2D eigenvalue weighted by Crippen LogP contribution is -2.83. The third-order valence-corrected chi connectivity index (χ3v) is 7.78. The van der Waals surface area contributed by atoms with Gasteiger partial charge < -0.3 is 5.73 Å². The molecule has 1 fully saturated rings. The maximum Gasteiger partial charge on any atom is 0.281 e. The van der Waals surface area contributed by atoms with Crippen LogP contribution >= 0.6 is 11.3 Å². The molecule has 4 N–H and O–H groups in total. The monoisotopic (exact) mass is 407 g/mol. The number of nitrogens with zero attached hydrogens (tertiary/aromatic N) is 1. The summed E-state index contributed by atoms with van der Waals surface area (Å²) in [4.78, 5) is 9.64. The molecular weight excluding hydrogens is 376 g/mol. The van der Waals surface area contributed by atoms with E-state index in [1.807, 2.05) is 12.1 Å². The number of piperidine rings is 1. The first kappa shape index (κ1) is 18.9. The Morgan fingerprint density at radius 1 is 1.07 bits per heavy atom. The second-order valence-corrected chi connectivity index (χ2v) is 9.76. The highest BCUT2D eigenvalue weighted by Gasteiger charge is 2.29. The number of allylic oxidation sites excluding steroid dienone is 1. The van der Waals surface area contributed by atoms with Crippen LogP contribution in [-0.4, -0.2) is 29.9 Å². The van der Waals surface area contributed by atoms with Crippen LogP contribution in [0.2, 0.25) is 0 Å². The number of likely N-dealkylation sites (tertiary alicyclic amines) is 1. The van der Waals surface area contributed by atoms with Crippen LogP contribution in [0.3, 0.4) is 0 Å². The van der Waals surface area contributed by atoms with E-state index in [2.05, 4.69) is 51.0 Å². The van der Waals surface area contributed by atoms with Crippen molar-refractivity contribution < 1.29 is 4.99 Å². The number of benzene rings is 1. The van der Waals surface area contributed by atoms with E-state index in [0.29, 0.717) is 6.04 Å². The summed E-state index contributed by atoms with van der Waals surface area (Å²) in [5.41, 5.74) is 11.1. The largest absolute Gasteiger partial charge is 0.399 e. The molecule has 0 bridgehead atoms. The number of nitrogens with two attached hydrogens (primary N) is 1. The van der Waals surface area contributed by atoms with Crippen molar-refractivity contribution in [2.75, 3.05) is 18.8 Å². The van der Waals surface area contributed by atoms with Crippen LogP contribution in [0.5, 0.6) is 0 Å². The molecule has 1 aromatic heterocycles. The fourth-order valence-electron chi connectivity index (χ4n) is 4.87. The number of rotatable bonds is 3. The van der Waals surface area contributed by atoms with Gasteiger partial charge in [-0.1, -0.05) is 12.1 Å². The lowest BCUT2D eigenvalue weighted by Gasteiger charge is -2.29. The van der Waals surface area contributed by atoms with Gasteiger partial charge in [0.1, 0.15) is 0 Å². The maximum absolute atomic E-state index is 5.81. The number of fused-ring (bicyclic) bond motifs is 3. The Morgan fingerprint density at radius 2 is 1.86 bits per heavy atom. The zero-order valence-electron chi connectivity index (χ0n) is 17.0. The van der Waals surface area contributed by atoms with Crippen LogP contribution in [0.4, 0.5) is 5.69 Å². The van der Waals surface area contributed by atoms with Crippen molar-refractivity contribution in [3.8, 4) is 0 Å². The minimum absolute atomic E-state index is 0.540. The van der Waals surface area contributed by atoms with Crippen molar-refractivity contribution in [2.24, 2.45) is 0 Å². The molecule has 0 amide bonds. The summed E-state index contributed by atoms with van der Waals surface area (Å²) in [6, 6.07) is 8.85. The number of hydrogen-bond acceptors (Lipinski definition) is 3. The van der Waals surface area contributed by atoms with Crippen molar-refractivity contribution >= 4 is 22.9 Å². The van der Waals surface area contributed by atoms with E-state index in [0.717, 1.165) is 31.7 Å². The number of hydrogen-bond donors (Lipinski definition) is 3. The topological polar surface area (TPSA) is 55.3 Å². The molecule has 5 rings (SSSR count). The van der Waals surface area contributed by atoms with Gasteiger partial charge in [0.25, 0.3) is 5.84 Å². The highest BCUT2D eigenvalue weighted by Crippen LogP contribution is 2.35. The van der Waals surface area contributed by atoms with Crippen molar-refractivity contribution in [3.63, 3.8) is 0 Å². The van der Waals surface area contributed by atoms with Gasteiger partial charge in [0.05, 0.1) is 17.8 Å². The SMILES string of the molecule is Nc1ccc(CN2CCC([NH+]=C3NC=CCc4sc5c(c43)CCCC5)CC2)cc1. The average Bonchev–Trinajstić information content (AvgIpc) is 3.00. The molecule has 3 heterocycles. The molecular formula is C24H31N4S+.